The summed E-state index contributed by atoms with van der Waals surface area (Å²) in [7, 11) is 0. The van der Waals surface area contributed by atoms with Crippen LogP contribution in [0.4, 0.5) is 5.82 Å². The van der Waals surface area contributed by atoms with E-state index in [2.05, 4.69) is 14.8 Å². The first-order valence-corrected chi connectivity index (χ1v) is 8.52. The maximum atomic E-state index is 11.5. The molecule has 2 fully saturated rings. The molecule has 1 aromatic rings. The molecule has 0 aromatic carbocycles. The zero-order valence-corrected chi connectivity index (χ0v) is 13.6. The van der Waals surface area contributed by atoms with Gasteiger partial charge in [-0.3, -0.25) is 9.69 Å². The molecule has 0 radical (unpaired) electrons. The van der Waals surface area contributed by atoms with Gasteiger partial charge in [-0.2, -0.15) is 0 Å². The lowest BCUT2D eigenvalue weighted by Crippen LogP contribution is -2.53. The summed E-state index contributed by atoms with van der Waals surface area (Å²) in [6.45, 7) is 4.10. The highest BCUT2D eigenvalue weighted by Gasteiger charge is 2.32. The second-order valence-corrected chi connectivity index (χ2v) is 6.79. The monoisotopic (exact) mass is 318 g/mol. The van der Waals surface area contributed by atoms with E-state index >= 15 is 0 Å². The SMILES string of the molecule is NC(=O)c1cccnc1N1CCN(CC2(O)CCCCC2)CC1. The van der Waals surface area contributed by atoms with Gasteiger partial charge in [0.25, 0.3) is 5.91 Å². The highest BCUT2D eigenvalue weighted by atomic mass is 16.3. The summed E-state index contributed by atoms with van der Waals surface area (Å²) in [6.07, 6.45) is 7.03. The number of amides is 1. The lowest BCUT2D eigenvalue weighted by atomic mass is 9.84. The number of carbonyl (C=O) groups is 1. The third-order valence-corrected chi connectivity index (χ3v) is 5.03. The minimum absolute atomic E-state index is 0.438. The Morgan fingerprint density at radius 1 is 1.22 bits per heavy atom. The van der Waals surface area contributed by atoms with E-state index in [0.29, 0.717) is 11.4 Å². The number of rotatable bonds is 4. The van der Waals surface area contributed by atoms with Crippen LogP contribution >= 0.6 is 0 Å². The Morgan fingerprint density at radius 3 is 2.57 bits per heavy atom. The molecular formula is C17H26N4O2. The molecule has 6 heteroatoms. The van der Waals surface area contributed by atoms with Gasteiger partial charge in [-0.15, -0.1) is 0 Å². The van der Waals surface area contributed by atoms with Crippen molar-refractivity contribution in [2.45, 2.75) is 37.7 Å². The molecule has 1 saturated carbocycles. The first kappa shape index (κ1) is 16.2. The van der Waals surface area contributed by atoms with Crippen molar-refractivity contribution in [1.29, 1.82) is 0 Å². The number of anilines is 1. The van der Waals surface area contributed by atoms with Crippen LogP contribution < -0.4 is 10.6 Å². The van der Waals surface area contributed by atoms with Crippen LogP contribution in [0.2, 0.25) is 0 Å². The molecule has 1 aliphatic carbocycles. The molecule has 0 unspecified atom stereocenters. The molecule has 2 heterocycles. The highest BCUT2D eigenvalue weighted by molar-refractivity contribution is 5.97. The van der Waals surface area contributed by atoms with Crippen molar-refractivity contribution in [1.82, 2.24) is 9.88 Å². The average Bonchev–Trinajstić information content (AvgIpc) is 2.56. The molecule has 6 nitrogen and oxygen atoms in total. The second kappa shape index (κ2) is 6.84. The molecule has 1 saturated heterocycles. The van der Waals surface area contributed by atoms with Crippen molar-refractivity contribution < 1.29 is 9.90 Å². The standard InChI is InChI=1S/C17H26N4O2/c18-15(22)14-5-4-8-19-16(14)21-11-9-20(10-12-21)13-17(23)6-2-1-3-7-17/h4-5,8,23H,1-3,6-7,9-13H2,(H2,18,22). The maximum Gasteiger partial charge on any atom is 0.252 e. The van der Waals surface area contributed by atoms with Crippen molar-refractivity contribution in [3.05, 3.63) is 23.9 Å². The van der Waals surface area contributed by atoms with Gasteiger partial charge in [0.05, 0.1) is 11.2 Å². The quantitative estimate of drug-likeness (QED) is 0.865. The summed E-state index contributed by atoms with van der Waals surface area (Å²) in [5.74, 6) is 0.239. The molecule has 126 valence electrons. The maximum absolute atomic E-state index is 11.5. The number of aromatic nitrogens is 1. The van der Waals surface area contributed by atoms with Crippen molar-refractivity contribution in [3.63, 3.8) is 0 Å². The Hall–Kier alpha value is -1.66. The predicted molar refractivity (Wildman–Crippen MR) is 89.4 cm³/mol. The molecule has 1 aliphatic heterocycles. The molecule has 3 N–H and O–H groups in total. The fourth-order valence-electron chi connectivity index (χ4n) is 3.74. The Balaban J connectivity index is 1.59. The van der Waals surface area contributed by atoms with Crippen molar-refractivity contribution in [2.24, 2.45) is 5.73 Å². The van der Waals surface area contributed by atoms with Crippen LogP contribution in [-0.4, -0.2) is 59.2 Å². The van der Waals surface area contributed by atoms with Gasteiger partial charge in [0.1, 0.15) is 5.82 Å². The topological polar surface area (TPSA) is 82.7 Å². The summed E-state index contributed by atoms with van der Waals surface area (Å²) in [6, 6.07) is 3.46. The molecule has 23 heavy (non-hydrogen) atoms. The van der Waals surface area contributed by atoms with Crippen molar-refractivity contribution in [3.8, 4) is 0 Å². The van der Waals surface area contributed by atoms with Crippen LogP contribution in [0.1, 0.15) is 42.5 Å². The predicted octanol–water partition coefficient (Wildman–Crippen LogP) is 0.998. The van der Waals surface area contributed by atoms with Crippen LogP contribution in [0.15, 0.2) is 18.3 Å². The third-order valence-electron chi connectivity index (χ3n) is 5.03. The van der Waals surface area contributed by atoms with Crippen LogP contribution in [0.3, 0.4) is 0 Å². The van der Waals surface area contributed by atoms with Gasteiger partial charge in [0, 0.05) is 38.9 Å². The van der Waals surface area contributed by atoms with E-state index in [0.717, 1.165) is 58.4 Å². The minimum atomic E-state index is -0.510. The Bertz CT molecular complexity index is 549. The van der Waals surface area contributed by atoms with Gasteiger partial charge >= 0.3 is 0 Å². The van der Waals surface area contributed by atoms with E-state index in [1.54, 1.807) is 18.3 Å². The smallest absolute Gasteiger partial charge is 0.252 e. The van der Waals surface area contributed by atoms with Crippen LogP contribution in [-0.2, 0) is 0 Å². The molecule has 0 bridgehead atoms. The molecule has 3 rings (SSSR count). The summed E-state index contributed by atoms with van der Waals surface area (Å²) < 4.78 is 0. The van der Waals surface area contributed by atoms with Crippen molar-refractivity contribution in [2.75, 3.05) is 37.6 Å². The molecule has 0 spiro atoms. The highest BCUT2D eigenvalue weighted by Crippen LogP contribution is 2.29. The van der Waals surface area contributed by atoms with Crippen molar-refractivity contribution >= 4 is 11.7 Å². The van der Waals surface area contributed by atoms with Crippen LogP contribution in [0.25, 0.3) is 0 Å². The van der Waals surface area contributed by atoms with Crippen LogP contribution in [0, 0.1) is 0 Å². The van der Waals surface area contributed by atoms with E-state index in [4.69, 9.17) is 5.73 Å². The number of carbonyl (C=O) groups excluding carboxylic acids is 1. The number of nitrogens with zero attached hydrogens (tertiary/aromatic N) is 3. The van der Waals surface area contributed by atoms with Gasteiger partial charge in [0.2, 0.25) is 0 Å². The first-order chi connectivity index (χ1) is 11.1. The molecule has 2 aliphatic rings. The fourth-order valence-corrected chi connectivity index (χ4v) is 3.74. The largest absolute Gasteiger partial charge is 0.389 e. The third kappa shape index (κ3) is 3.82. The second-order valence-electron chi connectivity index (χ2n) is 6.79. The molecule has 1 amide bonds. The Kier molecular flexibility index (Phi) is 4.82. The Labute approximate surface area is 137 Å². The Morgan fingerprint density at radius 2 is 1.91 bits per heavy atom. The van der Waals surface area contributed by atoms with E-state index in [-0.39, 0.29) is 0 Å². The van der Waals surface area contributed by atoms with Gasteiger partial charge in [-0.1, -0.05) is 19.3 Å². The number of hydrogen-bond acceptors (Lipinski definition) is 5. The summed E-state index contributed by atoms with van der Waals surface area (Å²) in [5.41, 5.74) is 5.41. The summed E-state index contributed by atoms with van der Waals surface area (Å²) >= 11 is 0. The number of piperazine rings is 1. The zero-order valence-electron chi connectivity index (χ0n) is 13.6. The lowest BCUT2D eigenvalue weighted by molar-refractivity contribution is -0.0271. The molecule has 1 aromatic heterocycles. The minimum Gasteiger partial charge on any atom is -0.389 e. The summed E-state index contributed by atoms with van der Waals surface area (Å²) in [4.78, 5) is 20.3. The fraction of sp³-hybridized carbons (Fsp3) is 0.647. The number of nitrogens with two attached hydrogens (primary N) is 1. The number of aliphatic hydroxyl groups is 1. The van der Waals surface area contributed by atoms with E-state index in [1.807, 2.05) is 0 Å². The summed E-state index contributed by atoms with van der Waals surface area (Å²) in [5, 5.41) is 10.7. The number of hydrogen-bond donors (Lipinski definition) is 2. The zero-order chi connectivity index (χ0) is 16.3. The van der Waals surface area contributed by atoms with E-state index in [1.165, 1.54) is 6.42 Å². The van der Waals surface area contributed by atoms with Gasteiger partial charge in [-0.25, -0.2) is 4.98 Å². The first-order valence-electron chi connectivity index (χ1n) is 8.52. The molecular weight excluding hydrogens is 292 g/mol. The normalized spacial score (nSPS) is 22.0. The van der Waals surface area contributed by atoms with Gasteiger partial charge in [-0.05, 0) is 25.0 Å². The van der Waals surface area contributed by atoms with Gasteiger partial charge < -0.3 is 15.7 Å². The number of primary amides is 1. The van der Waals surface area contributed by atoms with Crippen LogP contribution in [0.5, 0.6) is 0 Å². The van der Waals surface area contributed by atoms with E-state index in [9.17, 15) is 9.90 Å². The number of pyridine rings is 1. The van der Waals surface area contributed by atoms with Gasteiger partial charge in [0.15, 0.2) is 0 Å². The average molecular weight is 318 g/mol. The van der Waals surface area contributed by atoms with E-state index < -0.39 is 11.5 Å². The molecule has 0 atom stereocenters. The number of β-amino-alcohol motifs (C(OH)–C–C–N with tert-alkyl or cyclic N) is 1. The lowest BCUT2D eigenvalue weighted by Gasteiger charge is -2.41.